The van der Waals surface area contributed by atoms with Crippen LogP contribution in [0.3, 0.4) is 0 Å². The van der Waals surface area contributed by atoms with Crippen LogP contribution in [0.1, 0.15) is 5.56 Å². The number of halogens is 3. The Balaban J connectivity index is 2.06. The molecule has 10 heteroatoms. The van der Waals surface area contributed by atoms with E-state index in [1.165, 1.54) is 11.9 Å². The van der Waals surface area contributed by atoms with Crippen LogP contribution in [0.2, 0.25) is 0 Å². The van der Waals surface area contributed by atoms with E-state index < -0.39 is 39.0 Å². The first-order chi connectivity index (χ1) is 11.7. The minimum Gasteiger partial charge on any atom is -0.340 e. The van der Waals surface area contributed by atoms with Crippen molar-refractivity contribution < 1.29 is 22.0 Å². The zero-order valence-corrected chi connectivity index (χ0v) is 15.4. The molecule has 1 aromatic carbocycles. The van der Waals surface area contributed by atoms with Crippen LogP contribution >= 0.6 is 15.9 Å². The van der Waals surface area contributed by atoms with Crippen LogP contribution in [0.4, 0.5) is 8.78 Å². The number of rotatable bonds is 6. The van der Waals surface area contributed by atoms with Gasteiger partial charge in [-0.1, -0.05) is 6.07 Å². The molecule has 2 aromatic rings. The van der Waals surface area contributed by atoms with E-state index in [-0.39, 0.29) is 11.0 Å². The molecule has 1 amide bonds. The predicted molar refractivity (Wildman–Crippen MR) is 90.0 cm³/mol. The molecule has 1 aromatic heterocycles. The topological polar surface area (TPSA) is 79.4 Å². The number of hydrogen-bond acceptors (Lipinski definition) is 4. The fourth-order valence-electron chi connectivity index (χ4n) is 2.00. The molecular weight excluding hydrogens is 420 g/mol. The Labute approximate surface area is 152 Å². The van der Waals surface area contributed by atoms with Crippen molar-refractivity contribution in [2.75, 3.05) is 13.6 Å². The minimum absolute atomic E-state index is 0.239. The summed E-state index contributed by atoms with van der Waals surface area (Å²) in [5.41, 5.74) is 0.772. The number of carbonyl (C=O) groups excluding carboxylic acids is 1. The van der Waals surface area contributed by atoms with Gasteiger partial charge in [0, 0.05) is 36.5 Å². The van der Waals surface area contributed by atoms with Gasteiger partial charge in [-0.2, -0.15) is 0 Å². The van der Waals surface area contributed by atoms with Gasteiger partial charge in [-0.15, -0.1) is 0 Å². The molecule has 134 valence electrons. The Morgan fingerprint density at radius 1 is 1.36 bits per heavy atom. The summed E-state index contributed by atoms with van der Waals surface area (Å²) in [5, 5.41) is 0. The van der Waals surface area contributed by atoms with Crippen molar-refractivity contribution in [1.82, 2.24) is 14.6 Å². The lowest BCUT2D eigenvalue weighted by Gasteiger charge is -2.17. The zero-order valence-electron chi connectivity index (χ0n) is 13.0. The Morgan fingerprint density at radius 3 is 2.68 bits per heavy atom. The highest BCUT2D eigenvalue weighted by atomic mass is 79.9. The van der Waals surface area contributed by atoms with Gasteiger partial charge in [0.1, 0.15) is 16.5 Å². The van der Waals surface area contributed by atoms with Crippen LogP contribution in [-0.4, -0.2) is 37.8 Å². The quantitative estimate of drug-likeness (QED) is 0.755. The summed E-state index contributed by atoms with van der Waals surface area (Å²) in [7, 11) is -2.84. The number of benzene rings is 1. The number of nitrogens with one attached hydrogen (secondary N) is 1. The van der Waals surface area contributed by atoms with E-state index in [1.54, 1.807) is 24.5 Å². The summed E-state index contributed by atoms with van der Waals surface area (Å²) in [5.74, 6) is -2.70. The molecule has 2 rings (SSSR count). The zero-order chi connectivity index (χ0) is 18.6. The Kier molecular flexibility index (Phi) is 6.20. The van der Waals surface area contributed by atoms with Gasteiger partial charge in [0.2, 0.25) is 15.9 Å². The highest BCUT2D eigenvalue weighted by Gasteiger charge is 2.24. The lowest BCUT2D eigenvalue weighted by molar-refractivity contribution is -0.129. The second-order valence-electron chi connectivity index (χ2n) is 5.13. The number of aromatic nitrogens is 1. The van der Waals surface area contributed by atoms with Crippen LogP contribution in [-0.2, 0) is 21.4 Å². The number of hydrogen-bond donors (Lipinski definition) is 1. The Morgan fingerprint density at radius 2 is 2.08 bits per heavy atom. The Bertz CT molecular complexity index is 856. The van der Waals surface area contributed by atoms with Gasteiger partial charge < -0.3 is 4.90 Å². The average Bonchev–Trinajstić information content (AvgIpc) is 2.52. The van der Waals surface area contributed by atoms with Crippen LogP contribution in [0.5, 0.6) is 0 Å². The molecule has 0 atom stereocenters. The molecule has 0 aliphatic heterocycles. The van der Waals surface area contributed by atoms with Crippen molar-refractivity contribution in [2.24, 2.45) is 0 Å². The van der Waals surface area contributed by atoms with E-state index in [1.807, 2.05) is 4.72 Å². The lowest BCUT2D eigenvalue weighted by atomic mass is 10.3. The van der Waals surface area contributed by atoms with E-state index in [4.69, 9.17) is 0 Å². The monoisotopic (exact) mass is 433 g/mol. The molecule has 0 fully saturated rings. The van der Waals surface area contributed by atoms with Crippen LogP contribution < -0.4 is 4.72 Å². The number of sulfonamides is 1. The number of pyridine rings is 1. The maximum Gasteiger partial charge on any atom is 0.245 e. The third-order valence-electron chi connectivity index (χ3n) is 3.21. The van der Waals surface area contributed by atoms with Crippen molar-refractivity contribution in [3.8, 4) is 0 Å². The first-order valence-corrected chi connectivity index (χ1v) is 9.25. The first kappa shape index (κ1) is 19.4. The molecule has 0 bridgehead atoms. The second kappa shape index (κ2) is 7.98. The molecule has 1 heterocycles. The fraction of sp³-hybridized carbons (Fsp3) is 0.200. The van der Waals surface area contributed by atoms with Gasteiger partial charge in [-0.25, -0.2) is 21.9 Å². The van der Waals surface area contributed by atoms with Crippen LogP contribution in [0, 0.1) is 11.6 Å². The molecule has 6 nitrogen and oxygen atoms in total. The minimum atomic E-state index is -4.34. The maximum absolute atomic E-state index is 13.8. The van der Waals surface area contributed by atoms with Crippen LogP contribution in [0.25, 0.3) is 0 Å². The Hall–Kier alpha value is -1.91. The summed E-state index contributed by atoms with van der Waals surface area (Å²) in [6.07, 6.45) is 3.17. The smallest absolute Gasteiger partial charge is 0.245 e. The van der Waals surface area contributed by atoms with E-state index in [0.717, 1.165) is 11.6 Å². The molecule has 0 saturated heterocycles. The number of nitrogens with zero attached hydrogens (tertiary/aromatic N) is 2. The van der Waals surface area contributed by atoms with Gasteiger partial charge in [-0.3, -0.25) is 9.78 Å². The lowest BCUT2D eigenvalue weighted by Crippen LogP contribution is -2.38. The highest BCUT2D eigenvalue weighted by molar-refractivity contribution is 9.10. The van der Waals surface area contributed by atoms with Gasteiger partial charge in [-0.05, 0) is 33.6 Å². The van der Waals surface area contributed by atoms with Crippen molar-refractivity contribution in [3.05, 3.63) is 58.3 Å². The van der Waals surface area contributed by atoms with E-state index in [0.29, 0.717) is 6.07 Å². The highest BCUT2D eigenvalue weighted by Crippen LogP contribution is 2.26. The van der Waals surface area contributed by atoms with Gasteiger partial charge in [0.25, 0.3) is 0 Å². The van der Waals surface area contributed by atoms with Crippen molar-refractivity contribution >= 4 is 31.9 Å². The maximum atomic E-state index is 13.8. The van der Waals surface area contributed by atoms with E-state index >= 15 is 0 Å². The van der Waals surface area contributed by atoms with E-state index in [9.17, 15) is 22.0 Å². The summed E-state index contributed by atoms with van der Waals surface area (Å²) in [6, 6.07) is 4.76. The molecule has 0 aliphatic rings. The van der Waals surface area contributed by atoms with E-state index in [2.05, 4.69) is 20.9 Å². The third kappa shape index (κ3) is 5.03. The predicted octanol–water partition coefficient (Wildman–Crippen LogP) is 2.06. The largest absolute Gasteiger partial charge is 0.340 e. The molecule has 25 heavy (non-hydrogen) atoms. The van der Waals surface area contributed by atoms with Crippen molar-refractivity contribution in [2.45, 2.75) is 11.4 Å². The summed E-state index contributed by atoms with van der Waals surface area (Å²) >= 11 is 2.81. The summed E-state index contributed by atoms with van der Waals surface area (Å²) in [6.45, 7) is -0.328. The van der Waals surface area contributed by atoms with Gasteiger partial charge >= 0.3 is 0 Å². The third-order valence-corrected chi connectivity index (χ3v) is 5.58. The normalized spacial score (nSPS) is 11.4. The van der Waals surface area contributed by atoms with Crippen LogP contribution in [0.15, 0.2) is 46.0 Å². The summed E-state index contributed by atoms with van der Waals surface area (Å²) < 4.78 is 53.0. The van der Waals surface area contributed by atoms with Crippen molar-refractivity contribution in [3.63, 3.8) is 0 Å². The molecule has 0 radical (unpaired) electrons. The number of likely N-dealkylation sites (N-methyl/N-ethyl adjacent to an activating group) is 1. The molecule has 1 N–H and O–H groups in total. The number of amides is 1. The second-order valence-corrected chi connectivity index (χ2v) is 7.69. The van der Waals surface area contributed by atoms with Gasteiger partial charge in [0.15, 0.2) is 0 Å². The first-order valence-electron chi connectivity index (χ1n) is 6.98. The van der Waals surface area contributed by atoms with Crippen molar-refractivity contribution in [1.29, 1.82) is 0 Å². The average molecular weight is 434 g/mol. The van der Waals surface area contributed by atoms with Gasteiger partial charge in [0.05, 0.1) is 6.54 Å². The molecule has 0 spiro atoms. The molecule has 0 unspecified atom stereocenters. The molecular formula is C15H14BrF2N3O3S. The molecule has 0 saturated carbocycles. The SMILES string of the molecule is CN(Cc1cccnc1)C(=O)CNS(=O)(=O)c1c(F)cc(F)cc1Br. The molecule has 0 aliphatic carbocycles. The fourth-order valence-corrected chi connectivity index (χ4v) is 4.14. The number of carbonyl (C=O) groups is 1. The standard InChI is InChI=1S/C15H14BrF2N3O3S/c1-21(9-10-3-2-4-19-7-10)14(22)8-20-25(23,24)15-12(16)5-11(17)6-13(15)18/h2-7,20H,8-9H2,1H3. The summed E-state index contributed by atoms with van der Waals surface area (Å²) in [4.78, 5) is 16.5.